The van der Waals surface area contributed by atoms with Gasteiger partial charge in [0.05, 0.1) is 0 Å². The van der Waals surface area contributed by atoms with Crippen molar-refractivity contribution in [2.45, 2.75) is 13.8 Å². The maximum atomic E-state index is 13.3. The number of carbonyl (C=O) groups excluding carboxylic acids is 2. The molecule has 0 aliphatic carbocycles. The van der Waals surface area contributed by atoms with Crippen LogP contribution >= 0.6 is 0 Å². The molecule has 2 aliphatic rings. The van der Waals surface area contributed by atoms with Crippen LogP contribution in [0.5, 0.6) is 0 Å². The van der Waals surface area contributed by atoms with Crippen molar-refractivity contribution in [2.24, 2.45) is 11.3 Å². The zero-order valence-electron chi connectivity index (χ0n) is 18.4. The molecule has 2 amide bonds. The number of rotatable bonds is 4. The second-order valence-electron chi connectivity index (χ2n) is 9.35. The van der Waals surface area contributed by atoms with Gasteiger partial charge in [-0.05, 0) is 51.7 Å². The van der Waals surface area contributed by atoms with Crippen molar-refractivity contribution >= 4 is 11.8 Å². The molecule has 0 unspecified atom stereocenters. The molecule has 30 heavy (non-hydrogen) atoms. The molecule has 158 valence electrons. The van der Waals surface area contributed by atoms with Gasteiger partial charge >= 0.3 is 0 Å². The molecule has 2 fully saturated rings. The maximum Gasteiger partial charge on any atom is 0.254 e. The quantitative estimate of drug-likeness (QED) is 0.785. The fraction of sp³-hybridized carbons (Fsp3) is 0.440. The Labute approximate surface area is 179 Å². The SMILES string of the molecule is Cc1ccc(C(=O)N2C[C@H]3CN(C(=O)c4ccccc4)C[C@@]3(CN(C)C)C2)c(C)c1. The molecule has 0 bridgehead atoms. The maximum absolute atomic E-state index is 13.3. The number of amides is 2. The lowest BCUT2D eigenvalue weighted by atomic mass is 9.80. The Morgan fingerprint density at radius 1 is 0.967 bits per heavy atom. The third kappa shape index (κ3) is 3.74. The third-order valence-electron chi connectivity index (χ3n) is 6.60. The Bertz CT molecular complexity index is 956. The van der Waals surface area contributed by atoms with Crippen LogP contribution in [0.1, 0.15) is 31.8 Å². The van der Waals surface area contributed by atoms with E-state index in [1.807, 2.05) is 66.1 Å². The molecule has 4 rings (SSSR count). The molecule has 0 N–H and O–H groups in total. The Kier molecular flexibility index (Phi) is 5.41. The first-order valence-electron chi connectivity index (χ1n) is 10.6. The average molecular weight is 406 g/mol. The summed E-state index contributed by atoms with van der Waals surface area (Å²) in [5.41, 5.74) is 3.64. The number of benzene rings is 2. The molecule has 0 radical (unpaired) electrons. The minimum Gasteiger partial charge on any atom is -0.338 e. The highest BCUT2D eigenvalue weighted by molar-refractivity contribution is 5.96. The van der Waals surface area contributed by atoms with E-state index < -0.39 is 0 Å². The molecule has 2 saturated heterocycles. The molecule has 2 aromatic carbocycles. The fourth-order valence-corrected chi connectivity index (χ4v) is 5.33. The van der Waals surface area contributed by atoms with Crippen LogP contribution in [0.2, 0.25) is 0 Å². The van der Waals surface area contributed by atoms with Gasteiger partial charge in [0.1, 0.15) is 0 Å². The molecule has 5 nitrogen and oxygen atoms in total. The van der Waals surface area contributed by atoms with Gasteiger partial charge in [-0.1, -0.05) is 35.9 Å². The molecule has 0 saturated carbocycles. The van der Waals surface area contributed by atoms with Crippen LogP contribution in [0.15, 0.2) is 48.5 Å². The third-order valence-corrected chi connectivity index (χ3v) is 6.60. The van der Waals surface area contributed by atoms with Crippen LogP contribution in [-0.2, 0) is 0 Å². The van der Waals surface area contributed by atoms with Gasteiger partial charge in [-0.25, -0.2) is 0 Å². The van der Waals surface area contributed by atoms with E-state index >= 15 is 0 Å². The molecule has 2 aliphatic heterocycles. The van der Waals surface area contributed by atoms with Crippen molar-refractivity contribution in [3.8, 4) is 0 Å². The van der Waals surface area contributed by atoms with E-state index in [1.165, 1.54) is 5.56 Å². The van der Waals surface area contributed by atoms with Crippen molar-refractivity contribution < 1.29 is 9.59 Å². The van der Waals surface area contributed by atoms with Crippen molar-refractivity contribution in [3.05, 3.63) is 70.8 Å². The minimum atomic E-state index is -0.0811. The van der Waals surface area contributed by atoms with Crippen molar-refractivity contribution in [2.75, 3.05) is 46.8 Å². The van der Waals surface area contributed by atoms with Gasteiger partial charge in [0.15, 0.2) is 0 Å². The van der Waals surface area contributed by atoms with Gasteiger partial charge in [0.2, 0.25) is 0 Å². The number of carbonyl (C=O) groups is 2. The predicted octanol–water partition coefficient (Wildman–Crippen LogP) is 3.08. The number of hydrogen-bond acceptors (Lipinski definition) is 3. The zero-order valence-corrected chi connectivity index (χ0v) is 18.4. The van der Waals surface area contributed by atoms with Gasteiger partial charge in [-0.3, -0.25) is 9.59 Å². The standard InChI is InChI=1S/C25H31N3O2/c1-18-10-11-22(19(2)12-18)24(30)28-14-21-13-27(16-25(21,17-28)15-26(3)4)23(29)20-8-6-5-7-9-20/h5-12,21H,13-17H2,1-4H3/t21-,25+/m1/s1. The van der Waals surface area contributed by atoms with Crippen molar-refractivity contribution in [3.63, 3.8) is 0 Å². The summed E-state index contributed by atoms with van der Waals surface area (Å²) >= 11 is 0. The van der Waals surface area contributed by atoms with Gasteiger partial charge in [-0.2, -0.15) is 0 Å². The first kappa shape index (κ1) is 20.6. The highest BCUT2D eigenvalue weighted by atomic mass is 16.2. The van der Waals surface area contributed by atoms with E-state index in [9.17, 15) is 9.59 Å². The molecule has 2 aromatic rings. The summed E-state index contributed by atoms with van der Waals surface area (Å²) in [5, 5.41) is 0. The summed E-state index contributed by atoms with van der Waals surface area (Å²) in [6.07, 6.45) is 0. The van der Waals surface area contributed by atoms with E-state index in [1.54, 1.807) is 0 Å². The largest absolute Gasteiger partial charge is 0.338 e. The van der Waals surface area contributed by atoms with E-state index in [-0.39, 0.29) is 17.2 Å². The van der Waals surface area contributed by atoms with E-state index in [2.05, 4.69) is 25.1 Å². The molecule has 2 atom stereocenters. The van der Waals surface area contributed by atoms with Gasteiger partial charge in [0, 0.05) is 55.2 Å². The molecular formula is C25H31N3O2. The van der Waals surface area contributed by atoms with Crippen LogP contribution in [0, 0.1) is 25.2 Å². The highest BCUT2D eigenvalue weighted by Crippen LogP contribution is 2.44. The van der Waals surface area contributed by atoms with Crippen LogP contribution < -0.4 is 0 Å². The number of aryl methyl sites for hydroxylation is 2. The normalized spacial score (nSPS) is 23.2. The lowest BCUT2D eigenvalue weighted by Gasteiger charge is -2.32. The van der Waals surface area contributed by atoms with E-state index in [4.69, 9.17) is 0 Å². The first-order chi connectivity index (χ1) is 14.3. The molecule has 5 heteroatoms. The van der Waals surface area contributed by atoms with E-state index in [0.717, 1.165) is 23.2 Å². The first-order valence-corrected chi connectivity index (χ1v) is 10.6. The molecule has 2 heterocycles. The molecular weight excluding hydrogens is 374 g/mol. The number of likely N-dealkylation sites (tertiary alicyclic amines) is 2. The average Bonchev–Trinajstić information content (AvgIpc) is 3.20. The zero-order chi connectivity index (χ0) is 21.5. The lowest BCUT2D eigenvalue weighted by molar-refractivity contribution is 0.0701. The summed E-state index contributed by atoms with van der Waals surface area (Å²) in [4.78, 5) is 32.5. The van der Waals surface area contributed by atoms with Crippen molar-refractivity contribution in [1.29, 1.82) is 0 Å². The predicted molar refractivity (Wildman–Crippen MR) is 119 cm³/mol. The Hall–Kier alpha value is -2.66. The fourth-order valence-electron chi connectivity index (χ4n) is 5.33. The molecule has 0 aromatic heterocycles. The Balaban J connectivity index is 1.55. The van der Waals surface area contributed by atoms with Crippen LogP contribution in [0.4, 0.5) is 0 Å². The highest BCUT2D eigenvalue weighted by Gasteiger charge is 2.54. The monoisotopic (exact) mass is 405 g/mol. The summed E-state index contributed by atoms with van der Waals surface area (Å²) < 4.78 is 0. The van der Waals surface area contributed by atoms with Gasteiger partial charge < -0.3 is 14.7 Å². The summed E-state index contributed by atoms with van der Waals surface area (Å²) in [5.74, 6) is 0.499. The number of hydrogen-bond donors (Lipinski definition) is 0. The van der Waals surface area contributed by atoms with Gasteiger partial charge in [0.25, 0.3) is 11.8 Å². The summed E-state index contributed by atoms with van der Waals surface area (Å²) in [7, 11) is 4.14. The topological polar surface area (TPSA) is 43.9 Å². The lowest BCUT2D eigenvalue weighted by Crippen LogP contribution is -2.43. The van der Waals surface area contributed by atoms with Crippen LogP contribution in [0.25, 0.3) is 0 Å². The molecule has 0 spiro atoms. The minimum absolute atomic E-state index is 0.0811. The summed E-state index contributed by atoms with van der Waals surface area (Å²) in [6, 6.07) is 15.5. The Morgan fingerprint density at radius 3 is 2.20 bits per heavy atom. The van der Waals surface area contributed by atoms with Crippen molar-refractivity contribution in [1.82, 2.24) is 14.7 Å². The van der Waals surface area contributed by atoms with Crippen LogP contribution in [0.3, 0.4) is 0 Å². The summed E-state index contributed by atoms with van der Waals surface area (Å²) in [6.45, 7) is 7.73. The van der Waals surface area contributed by atoms with Crippen LogP contribution in [-0.4, -0.2) is 73.3 Å². The van der Waals surface area contributed by atoms with E-state index in [0.29, 0.717) is 32.1 Å². The Morgan fingerprint density at radius 2 is 1.60 bits per heavy atom. The number of nitrogens with zero attached hydrogens (tertiary/aromatic N) is 3. The smallest absolute Gasteiger partial charge is 0.254 e. The second kappa shape index (κ2) is 7.88. The van der Waals surface area contributed by atoms with Gasteiger partial charge in [-0.15, -0.1) is 0 Å². The number of fused-ring (bicyclic) bond motifs is 1. The second-order valence-corrected chi connectivity index (χ2v) is 9.35.